The van der Waals surface area contributed by atoms with Gasteiger partial charge in [-0.2, -0.15) is 0 Å². The van der Waals surface area contributed by atoms with Crippen molar-refractivity contribution in [3.05, 3.63) is 49.1 Å². The van der Waals surface area contributed by atoms with E-state index < -0.39 is 0 Å². The summed E-state index contributed by atoms with van der Waals surface area (Å²) in [4.78, 5) is 31.3. The first-order valence-electron chi connectivity index (χ1n) is 11.3. The SMILES string of the molecule is COC(=O)c1c(NC(=S)N2CCN(C(=O)c3sc4cc(Cl)ccc4c3Cl)CC2)sc2c1CCCC2. The molecule has 0 bridgehead atoms. The summed E-state index contributed by atoms with van der Waals surface area (Å²) >= 11 is 21.3. The molecule has 1 aliphatic heterocycles. The number of rotatable bonds is 3. The molecule has 0 unspecified atom stereocenters. The average molecular weight is 569 g/mol. The zero-order valence-corrected chi connectivity index (χ0v) is 23.0. The molecule has 2 aliphatic rings. The number of benzene rings is 1. The molecule has 11 heteroatoms. The van der Waals surface area contributed by atoms with Gasteiger partial charge < -0.3 is 19.9 Å². The lowest BCUT2D eigenvalue weighted by Crippen LogP contribution is -2.51. The molecule has 0 spiro atoms. The Kier molecular flexibility index (Phi) is 7.23. The summed E-state index contributed by atoms with van der Waals surface area (Å²) < 4.78 is 5.96. The van der Waals surface area contributed by atoms with E-state index in [1.54, 1.807) is 22.3 Å². The van der Waals surface area contributed by atoms with Crippen LogP contribution in [-0.2, 0) is 17.6 Å². The largest absolute Gasteiger partial charge is 0.465 e. The second kappa shape index (κ2) is 10.2. The van der Waals surface area contributed by atoms with Crippen molar-refractivity contribution in [1.29, 1.82) is 0 Å². The van der Waals surface area contributed by atoms with Crippen LogP contribution in [0.25, 0.3) is 10.1 Å². The van der Waals surface area contributed by atoms with Crippen LogP contribution in [-0.4, -0.2) is 60.1 Å². The van der Waals surface area contributed by atoms with E-state index in [-0.39, 0.29) is 11.9 Å². The van der Waals surface area contributed by atoms with Gasteiger partial charge in [-0.3, -0.25) is 4.79 Å². The molecule has 1 saturated heterocycles. The molecular formula is C24H23Cl2N3O3S3. The molecule has 3 heterocycles. The lowest BCUT2D eigenvalue weighted by atomic mass is 9.95. The van der Waals surface area contributed by atoms with Crippen molar-refractivity contribution in [3.63, 3.8) is 0 Å². The predicted octanol–water partition coefficient (Wildman–Crippen LogP) is 6.09. The first-order valence-corrected chi connectivity index (χ1v) is 14.1. The number of hydrogen-bond donors (Lipinski definition) is 1. The first kappa shape index (κ1) is 24.8. The standard InChI is InChI=1S/C24H23Cl2N3O3S3/c1-32-23(31)18-14-4-2-3-5-16(14)35-21(18)27-24(33)29-10-8-28(9-11-29)22(30)20-19(26)15-7-6-13(25)12-17(15)34-20/h6-7,12H,2-5,8-11H2,1H3,(H,27,33). The van der Waals surface area contributed by atoms with E-state index in [2.05, 4.69) is 5.32 Å². The number of nitrogens with zero attached hydrogens (tertiary/aromatic N) is 2. The Labute approximate surface area is 226 Å². The number of halogens is 2. The highest BCUT2D eigenvalue weighted by molar-refractivity contribution is 7.80. The second-order valence-corrected chi connectivity index (χ2v) is 11.9. The zero-order valence-electron chi connectivity index (χ0n) is 19.0. The third-order valence-electron chi connectivity index (χ3n) is 6.42. The summed E-state index contributed by atoms with van der Waals surface area (Å²) in [6.07, 6.45) is 4.07. The molecule has 0 atom stereocenters. The normalized spacial score (nSPS) is 15.7. The van der Waals surface area contributed by atoms with Crippen LogP contribution in [0.1, 0.15) is 43.3 Å². The lowest BCUT2D eigenvalue weighted by molar-refractivity contribution is 0.0600. The molecular weight excluding hydrogens is 545 g/mol. The molecule has 184 valence electrons. The van der Waals surface area contributed by atoms with E-state index >= 15 is 0 Å². The predicted molar refractivity (Wildman–Crippen MR) is 148 cm³/mol. The minimum atomic E-state index is -0.327. The first-order chi connectivity index (χ1) is 16.9. The van der Waals surface area contributed by atoms with E-state index in [0.717, 1.165) is 46.3 Å². The number of methoxy groups -OCH3 is 1. The molecule has 35 heavy (non-hydrogen) atoms. The summed E-state index contributed by atoms with van der Waals surface area (Å²) in [6, 6.07) is 5.46. The molecule has 6 nitrogen and oxygen atoms in total. The van der Waals surface area contributed by atoms with Crippen LogP contribution in [0.4, 0.5) is 5.00 Å². The molecule has 2 aromatic heterocycles. The number of nitrogens with one attached hydrogen (secondary N) is 1. The van der Waals surface area contributed by atoms with E-state index in [4.69, 9.17) is 40.2 Å². The highest BCUT2D eigenvalue weighted by Gasteiger charge is 2.30. The molecule has 0 saturated carbocycles. The number of hydrogen-bond acceptors (Lipinski definition) is 6. The number of carbonyl (C=O) groups is 2. The highest BCUT2D eigenvalue weighted by Crippen LogP contribution is 2.39. The van der Waals surface area contributed by atoms with Crippen molar-refractivity contribution in [2.45, 2.75) is 25.7 Å². The Morgan fingerprint density at radius 1 is 1.06 bits per heavy atom. The number of esters is 1. The van der Waals surface area contributed by atoms with E-state index in [9.17, 15) is 9.59 Å². The maximum absolute atomic E-state index is 13.2. The summed E-state index contributed by atoms with van der Waals surface area (Å²) in [5.74, 6) is -0.406. The summed E-state index contributed by atoms with van der Waals surface area (Å²) in [7, 11) is 1.41. The van der Waals surface area contributed by atoms with Crippen LogP contribution in [0.3, 0.4) is 0 Å². The molecule has 1 aromatic carbocycles. The average Bonchev–Trinajstić information content (AvgIpc) is 3.39. The monoisotopic (exact) mass is 567 g/mol. The maximum atomic E-state index is 13.2. The van der Waals surface area contributed by atoms with Gasteiger partial charge >= 0.3 is 5.97 Å². The fraction of sp³-hybridized carbons (Fsp3) is 0.375. The zero-order chi connectivity index (χ0) is 24.7. The molecule has 3 aromatic rings. The second-order valence-electron chi connectivity index (χ2n) is 8.50. The minimum absolute atomic E-state index is 0.0789. The highest BCUT2D eigenvalue weighted by atomic mass is 35.5. The summed E-state index contributed by atoms with van der Waals surface area (Å²) in [6.45, 7) is 2.22. The lowest BCUT2D eigenvalue weighted by Gasteiger charge is -2.36. The smallest absolute Gasteiger partial charge is 0.341 e. The topological polar surface area (TPSA) is 61.9 Å². The van der Waals surface area contributed by atoms with Crippen molar-refractivity contribution >= 4 is 90.2 Å². The number of fused-ring (bicyclic) bond motifs is 2. The van der Waals surface area contributed by atoms with E-state index in [1.165, 1.54) is 23.3 Å². The Bertz CT molecular complexity index is 1330. The van der Waals surface area contributed by atoms with Crippen molar-refractivity contribution in [1.82, 2.24) is 9.80 Å². The Morgan fingerprint density at radius 3 is 2.51 bits per heavy atom. The molecule has 5 rings (SSSR count). The van der Waals surface area contributed by atoms with Gasteiger partial charge in [-0.1, -0.05) is 29.3 Å². The molecule has 1 N–H and O–H groups in total. The number of amides is 1. The summed E-state index contributed by atoms with van der Waals surface area (Å²) in [5, 5.41) is 6.54. The Balaban J connectivity index is 1.26. The quantitative estimate of drug-likeness (QED) is 0.305. The van der Waals surface area contributed by atoms with Crippen LogP contribution in [0.5, 0.6) is 0 Å². The minimum Gasteiger partial charge on any atom is -0.465 e. The number of piperazine rings is 1. The van der Waals surface area contributed by atoms with Gasteiger partial charge in [-0.25, -0.2) is 4.79 Å². The number of thiophene rings is 2. The summed E-state index contributed by atoms with van der Waals surface area (Å²) in [5.41, 5.74) is 1.71. The number of thiocarbonyl (C=S) groups is 1. The van der Waals surface area contributed by atoms with E-state index in [0.29, 0.717) is 51.8 Å². The van der Waals surface area contributed by atoms with Crippen LogP contribution >= 0.6 is 58.1 Å². The van der Waals surface area contributed by atoms with Crippen LogP contribution < -0.4 is 5.32 Å². The van der Waals surface area contributed by atoms with Gasteiger partial charge in [-0.05, 0) is 55.6 Å². The van der Waals surface area contributed by atoms with Crippen LogP contribution in [0.2, 0.25) is 10.0 Å². The fourth-order valence-electron chi connectivity index (χ4n) is 4.58. The molecule has 1 aliphatic carbocycles. The number of aryl methyl sites for hydroxylation is 1. The van der Waals surface area contributed by atoms with Gasteiger partial charge in [0, 0.05) is 46.2 Å². The van der Waals surface area contributed by atoms with Crippen molar-refractivity contribution in [2.24, 2.45) is 0 Å². The third kappa shape index (κ3) is 4.76. The maximum Gasteiger partial charge on any atom is 0.341 e. The molecule has 0 radical (unpaired) electrons. The Hall–Kier alpha value is -1.91. The number of carbonyl (C=O) groups excluding carboxylic acids is 2. The molecule has 1 fully saturated rings. The van der Waals surface area contributed by atoms with Gasteiger partial charge in [0.1, 0.15) is 9.88 Å². The Morgan fingerprint density at radius 2 is 1.77 bits per heavy atom. The van der Waals surface area contributed by atoms with Crippen molar-refractivity contribution < 1.29 is 14.3 Å². The fourth-order valence-corrected chi connectivity index (χ4v) is 7.96. The molecule has 1 amide bonds. The van der Waals surface area contributed by atoms with Crippen LogP contribution in [0, 0.1) is 0 Å². The van der Waals surface area contributed by atoms with E-state index in [1.807, 2.05) is 17.0 Å². The van der Waals surface area contributed by atoms with Gasteiger partial charge in [0.2, 0.25) is 0 Å². The number of anilines is 1. The van der Waals surface area contributed by atoms with Gasteiger partial charge in [0.15, 0.2) is 5.11 Å². The van der Waals surface area contributed by atoms with Gasteiger partial charge in [0.25, 0.3) is 5.91 Å². The third-order valence-corrected chi connectivity index (χ3v) is 9.87. The number of ether oxygens (including phenoxy) is 1. The van der Waals surface area contributed by atoms with Crippen molar-refractivity contribution in [2.75, 3.05) is 38.6 Å². The van der Waals surface area contributed by atoms with Crippen molar-refractivity contribution in [3.8, 4) is 0 Å². The van der Waals surface area contributed by atoms with Crippen LogP contribution in [0.15, 0.2) is 18.2 Å². The van der Waals surface area contributed by atoms with Gasteiger partial charge in [0.05, 0.1) is 17.7 Å². The van der Waals surface area contributed by atoms with Gasteiger partial charge in [-0.15, -0.1) is 22.7 Å².